The number of halogens is 2. The van der Waals surface area contributed by atoms with E-state index in [9.17, 15) is 9.59 Å². The van der Waals surface area contributed by atoms with Crippen LogP contribution in [0.25, 0.3) is 32.8 Å². The van der Waals surface area contributed by atoms with Crippen LogP contribution in [0.4, 0.5) is 19.4 Å². The van der Waals surface area contributed by atoms with Crippen molar-refractivity contribution in [3.05, 3.63) is 53.6 Å². The number of ether oxygens (including phenoxy) is 4. The number of terminal acetylenes is 1. The number of nitrogens with zero attached hydrogens (tertiary/aromatic N) is 5. The molecule has 13 heteroatoms. The van der Waals surface area contributed by atoms with Crippen LogP contribution < -0.4 is 14.4 Å². The molecule has 3 saturated heterocycles. The monoisotopic (exact) mass is 795 g/mol. The number of anilines is 1. The summed E-state index contributed by atoms with van der Waals surface area (Å²) in [6, 6.07) is 9.61. The van der Waals surface area contributed by atoms with Gasteiger partial charge >= 0.3 is 12.1 Å². The number of rotatable bonds is 12. The van der Waals surface area contributed by atoms with Gasteiger partial charge in [0.25, 0.3) is 0 Å². The number of likely N-dealkylation sites (tertiary alicyclic amines) is 1. The molecule has 1 saturated carbocycles. The fourth-order valence-corrected chi connectivity index (χ4v) is 9.06. The van der Waals surface area contributed by atoms with E-state index >= 15 is 8.78 Å². The van der Waals surface area contributed by atoms with Crippen LogP contribution in [0.3, 0.4) is 0 Å². The molecule has 58 heavy (non-hydrogen) atoms. The quantitative estimate of drug-likeness (QED) is 0.0804. The maximum absolute atomic E-state index is 17.4. The van der Waals surface area contributed by atoms with Crippen LogP contribution in [0, 0.1) is 35.3 Å². The maximum Gasteiger partial charge on any atom is 0.410 e. The Hall–Kier alpha value is -5.06. The van der Waals surface area contributed by atoms with Gasteiger partial charge in [-0.05, 0) is 108 Å². The molecule has 2 bridgehead atoms. The highest BCUT2D eigenvalue weighted by atomic mass is 19.1. The van der Waals surface area contributed by atoms with Crippen LogP contribution in [0.2, 0.25) is 0 Å². The van der Waals surface area contributed by atoms with E-state index in [1.165, 1.54) is 13.2 Å². The third-order valence-electron chi connectivity index (χ3n) is 12.1. The number of methoxy groups -OCH3 is 1. The van der Waals surface area contributed by atoms with Gasteiger partial charge in [0.15, 0.2) is 12.6 Å². The number of benzene rings is 3. The Kier molecular flexibility index (Phi) is 10.9. The van der Waals surface area contributed by atoms with Gasteiger partial charge in [0, 0.05) is 60.5 Å². The lowest BCUT2D eigenvalue weighted by Crippen LogP contribution is -2.57. The molecular weight excluding hydrogens is 745 g/mol. The summed E-state index contributed by atoms with van der Waals surface area (Å²) in [5, 5.41) is 1.34. The van der Waals surface area contributed by atoms with E-state index in [-0.39, 0.29) is 58.4 Å². The topological polar surface area (TPSA) is 107 Å². The number of carbonyl (C=O) groups is 2. The van der Waals surface area contributed by atoms with Gasteiger partial charge in [-0.2, -0.15) is 9.97 Å². The van der Waals surface area contributed by atoms with Gasteiger partial charge in [0.2, 0.25) is 0 Å². The number of amides is 1. The second-order valence-electron chi connectivity index (χ2n) is 17.4. The molecule has 1 amide bonds. The Morgan fingerprint density at radius 2 is 1.78 bits per heavy atom. The van der Waals surface area contributed by atoms with Gasteiger partial charge in [-0.3, -0.25) is 4.90 Å². The minimum atomic E-state index is -0.879. The van der Waals surface area contributed by atoms with Crippen LogP contribution in [0.1, 0.15) is 71.3 Å². The smallest absolute Gasteiger partial charge is 0.410 e. The molecule has 4 aliphatic rings. The molecule has 11 nitrogen and oxygen atoms in total. The number of piperidine rings is 1. The van der Waals surface area contributed by atoms with Crippen LogP contribution in [-0.4, -0.2) is 103 Å². The Morgan fingerprint density at radius 1 is 1.03 bits per heavy atom. The van der Waals surface area contributed by atoms with E-state index in [4.69, 9.17) is 30.4 Å². The third-order valence-corrected chi connectivity index (χ3v) is 12.1. The van der Waals surface area contributed by atoms with Crippen LogP contribution >= 0.6 is 0 Å². The van der Waals surface area contributed by atoms with Crippen molar-refractivity contribution in [2.75, 3.05) is 58.1 Å². The van der Waals surface area contributed by atoms with E-state index in [2.05, 4.69) is 15.8 Å². The van der Waals surface area contributed by atoms with E-state index in [1.807, 2.05) is 36.6 Å². The molecule has 1 aliphatic carbocycles. The molecular formula is C45H51F2N5O6. The van der Waals surface area contributed by atoms with Gasteiger partial charge in [-0.25, -0.2) is 13.6 Å². The Bertz CT molecular complexity index is 2250. The molecule has 8 rings (SSSR count). The summed E-state index contributed by atoms with van der Waals surface area (Å²) in [4.78, 5) is 40.2. The summed E-state index contributed by atoms with van der Waals surface area (Å²) >= 11 is 0. The van der Waals surface area contributed by atoms with Crippen molar-refractivity contribution in [2.24, 2.45) is 11.3 Å². The van der Waals surface area contributed by atoms with Crippen molar-refractivity contribution in [3.63, 3.8) is 0 Å². The summed E-state index contributed by atoms with van der Waals surface area (Å²) in [7, 11) is 1.49. The zero-order valence-electron chi connectivity index (χ0n) is 33.7. The van der Waals surface area contributed by atoms with Crippen molar-refractivity contribution in [2.45, 2.75) is 83.4 Å². The number of fused-ring (bicyclic) bond motifs is 4. The SMILES string of the molecule is C#Cc1cccc2cc(OCOC)cc(-c3c(F)cc4c(N5CC6CCC(C5)N6C(=O)OC(C)(C)C)nc(OCC5(CN6CCC(CC=O)CC6)CC5)nc4c3F)c12. The molecule has 0 N–H and O–H groups in total. The fraction of sp³-hybridized carbons (Fsp3) is 0.511. The van der Waals surface area contributed by atoms with Crippen molar-refractivity contribution < 1.29 is 37.3 Å². The molecule has 0 radical (unpaired) electrons. The first kappa shape index (κ1) is 39.8. The second kappa shape index (κ2) is 15.9. The predicted octanol–water partition coefficient (Wildman–Crippen LogP) is 7.74. The second-order valence-corrected chi connectivity index (χ2v) is 17.4. The van der Waals surface area contributed by atoms with Crippen LogP contribution in [0.5, 0.6) is 11.8 Å². The molecule has 4 aromatic rings. The molecule has 0 spiro atoms. The summed E-state index contributed by atoms with van der Waals surface area (Å²) in [5.41, 5.74) is -0.440. The highest BCUT2D eigenvalue weighted by Gasteiger charge is 2.47. The van der Waals surface area contributed by atoms with Gasteiger partial charge in [-0.15, -0.1) is 6.42 Å². The first-order valence-electron chi connectivity index (χ1n) is 20.3. The lowest BCUT2D eigenvalue weighted by molar-refractivity contribution is -0.109. The summed E-state index contributed by atoms with van der Waals surface area (Å²) < 4.78 is 57.3. The molecule has 2 atom stereocenters. The predicted molar refractivity (Wildman–Crippen MR) is 217 cm³/mol. The largest absolute Gasteiger partial charge is 0.468 e. The first-order valence-corrected chi connectivity index (χ1v) is 20.3. The van der Waals surface area contributed by atoms with Gasteiger partial charge in [0.1, 0.15) is 34.8 Å². The lowest BCUT2D eigenvalue weighted by Gasteiger charge is -2.42. The van der Waals surface area contributed by atoms with Gasteiger partial charge in [-0.1, -0.05) is 18.1 Å². The standard InChI is InChI=1S/C45H51F2N5O6/c1-6-29-8-7-9-30-20-33(57-27-55-5)21-34(37(29)30)38-36(46)22-35-40(39(38)47)48-42(56-26-45(15-16-45)25-50-17-12-28(13-18-50)14-19-53)49-41(35)51-23-31-10-11-32(24-51)52(31)43(54)58-44(2,3)4/h1,7-9,19-22,28,31-32H,10-18,23-27H2,2-5H3. The zero-order valence-corrected chi connectivity index (χ0v) is 33.7. The average molecular weight is 796 g/mol. The summed E-state index contributed by atoms with van der Waals surface area (Å²) in [6.07, 6.45) is 12.7. The number of hydrogen-bond acceptors (Lipinski definition) is 10. The Labute approximate surface area is 338 Å². The minimum absolute atomic E-state index is 0.00296. The Morgan fingerprint density at radius 3 is 2.43 bits per heavy atom. The Balaban J connectivity index is 1.18. The van der Waals surface area contributed by atoms with Crippen molar-refractivity contribution in [3.8, 4) is 35.2 Å². The van der Waals surface area contributed by atoms with Gasteiger partial charge in [0.05, 0.1) is 24.3 Å². The van der Waals surface area contributed by atoms with E-state index in [0.29, 0.717) is 59.9 Å². The van der Waals surface area contributed by atoms with E-state index < -0.39 is 17.2 Å². The average Bonchev–Trinajstić information content (AvgIpc) is 3.90. The molecule has 2 unspecified atom stereocenters. The van der Waals surface area contributed by atoms with Crippen LogP contribution in [0.15, 0.2) is 36.4 Å². The molecule has 306 valence electrons. The van der Waals surface area contributed by atoms with E-state index in [1.54, 1.807) is 24.3 Å². The maximum atomic E-state index is 17.4. The number of aldehydes is 1. The number of aromatic nitrogens is 2. The molecule has 4 heterocycles. The number of hydrogen-bond donors (Lipinski definition) is 0. The number of carbonyl (C=O) groups excluding carboxylic acids is 2. The lowest BCUT2D eigenvalue weighted by atomic mass is 9.93. The third kappa shape index (κ3) is 8.01. The minimum Gasteiger partial charge on any atom is -0.468 e. The first-order chi connectivity index (χ1) is 27.9. The molecule has 3 aromatic carbocycles. The molecule has 3 aliphatic heterocycles. The fourth-order valence-electron chi connectivity index (χ4n) is 9.06. The highest BCUT2D eigenvalue weighted by molar-refractivity contribution is 6.04. The highest BCUT2D eigenvalue weighted by Crippen LogP contribution is 2.48. The van der Waals surface area contributed by atoms with Crippen molar-refractivity contribution >= 4 is 39.9 Å². The summed E-state index contributed by atoms with van der Waals surface area (Å²) in [5.74, 6) is 2.12. The molecule has 1 aromatic heterocycles. The number of piperazine rings is 1. The van der Waals surface area contributed by atoms with Crippen LogP contribution in [-0.2, 0) is 14.3 Å². The van der Waals surface area contributed by atoms with Crippen molar-refractivity contribution in [1.29, 1.82) is 0 Å². The summed E-state index contributed by atoms with van der Waals surface area (Å²) in [6.45, 7) is 9.32. The normalized spacial score (nSPS) is 20.6. The molecule has 4 fully saturated rings. The zero-order chi connectivity index (χ0) is 40.8. The van der Waals surface area contributed by atoms with Gasteiger partial charge < -0.3 is 33.5 Å². The van der Waals surface area contributed by atoms with Crippen molar-refractivity contribution in [1.82, 2.24) is 19.8 Å². The van der Waals surface area contributed by atoms with E-state index in [0.717, 1.165) is 64.4 Å².